The fourth-order valence-corrected chi connectivity index (χ4v) is 8.77. The van der Waals surface area contributed by atoms with Crippen molar-refractivity contribution < 1.29 is 23.8 Å². The van der Waals surface area contributed by atoms with Crippen molar-refractivity contribution in [2.75, 3.05) is 39.5 Å². The van der Waals surface area contributed by atoms with E-state index >= 15 is 0 Å². The van der Waals surface area contributed by atoms with Crippen molar-refractivity contribution in [3.63, 3.8) is 0 Å². The first-order chi connectivity index (χ1) is 28.0. The lowest BCUT2D eigenvalue weighted by Gasteiger charge is -2.19. The van der Waals surface area contributed by atoms with Gasteiger partial charge in [-0.2, -0.15) is 0 Å². The number of hydrogen-bond acceptors (Lipinski definition) is 6. The van der Waals surface area contributed by atoms with E-state index in [1.54, 1.807) is 0 Å². The van der Waals surface area contributed by atoms with E-state index in [0.717, 1.165) is 64.4 Å². The molecule has 0 spiro atoms. The van der Waals surface area contributed by atoms with Crippen molar-refractivity contribution >= 4 is 11.9 Å². The van der Waals surface area contributed by atoms with Crippen LogP contribution in [0.4, 0.5) is 0 Å². The third kappa shape index (κ3) is 35.3. The molecule has 1 aliphatic heterocycles. The smallest absolute Gasteiger partial charge is 0.305 e. The van der Waals surface area contributed by atoms with E-state index in [0.29, 0.717) is 44.0 Å². The molecule has 6 nitrogen and oxygen atoms in total. The van der Waals surface area contributed by atoms with Crippen LogP contribution in [-0.2, 0) is 23.8 Å². The average Bonchev–Trinajstić information content (AvgIpc) is 3.73. The maximum absolute atomic E-state index is 12.4. The molecule has 0 aromatic carbocycles. The van der Waals surface area contributed by atoms with Gasteiger partial charge in [-0.1, -0.05) is 182 Å². The molecule has 0 saturated carbocycles. The van der Waals surface area contributed by atoms with Gasteiger partial charge in [0.2, 0.25) is 0 Å². The molecular formula is C51H99NO5. The predicted octanol–water partition coefficient (Wildman–Crippen LogP) is 15.1. The zero-order valence-electron chi connectivity index (χ0n) is 38.9. The Hall–Kier alpha value is -1.14. The van der Waals surface area contributed by atoms with Gasteiger partial charge < -0.3 is 19.1 Å². The quantitative estimate of drug-likeness (QED) is 0.0451. The topological polar surface area (TPSA) is 65.1 Å². The molecule has 0 N–H and O–H groups in total. The molecule has 1 rings (SSSR count). The molecule has 1 aliphatic rings. The molecular weight excluding hydrogens is 707 g/mol. The largest absolute Gasteiger partial charge is 0.466 e. The van der Waals surface area contributed by atoms with Gasteiger partial charge in [0.1, 0.15) is 0 Å². The highest BCUT2D eigenvalue weighted by Crippen LogP contribution is 2.23. The molecule has 338 valence electrons. The maximum Gasteiger partial charge on any atom is 0.305 e. The summed E-state index contributed by atoms with van der Waals surface area (Å²) in [5.41, 5.74) is 0. The lowest BCUT2D eigenvalue weighted by molar-refractivity contribution is -0.145. The van der Waals surface area contributed by atoms with Crippen LogP contribution in [0.5, 0.6) is 0 Å². The van der Waals surface area contributed by atoms with Gasteiger partial charge in [-0.15, -0.1) is 0 Å². The number of ether oxygens (including phenoxy) is 3. The molecule has 1 heterocycles. The minimum absolute atomic E-state index is 0.00341. The minimum Gasteiger partial charge on any atom is -0.466 e. The summed E-state index contributed by atoms with van der Waals surface area (Å²) in [6, 6.07) is 0. The average molecular weight is 806 g/mol. The zero-order valence-corrected chi connectivity index (χ0v) is 38.9. The van der Waals surface area contributed by atoms with E-state index < -0.39 is 0 Å². The summed E-state index contributed by atoms with van der Waals surface area (Å²) < 4.78 is 17.9. The van der Waals surface area contributed by atoms with Crippen molar-refractivity contribution in [3.8, 4) is 0 Å². The van der Waals surface area contributed by atoms with E-state index in [9.17, 15) is 9.59 Å². The Morgan fingerprint density at radius 1 is 0.421 bits per heavy atom. The molecule has 1 fully saturated rings. The monoisotopic (exact) mass is 806 g/mol. The number of carbonyl (C=O) groups excluding carboxylic acids is 2. The number of carbonyl (C=O) groups is 2. The maximum atomic E-state index is 12.4. The molecule has 0 aromatic heterocycles. The van der Waals surface area contributed by atoms with Gasteiger partial charge >= 0.3 is 11.9 Å². The van der Waals surface area contributed by atoms with Gasteiger partial charge in [-0.25, -0.2) is 0 Å². The highest BCUT2D eigenvalue weighted by atomic mass is 16.5. The fraction of sp³-hybridized carbons (Fsp3) is 0.961. The van der Waals surface area contributed by atoms with Gasteiger partial charge in [0.05, 0.1) is 19.3 Å². The second-order valence-electron chi connectivity index (χ2n) is 18.1. The fourth-order valence-electron chi connectivity index (χ4n) is 8.77. The van der Waals surface area contributed by atoms with Crippen molar-refractivity contribution in [3.05, 3.63) is 0 Å². The number of esters is 2. The molecule has 0 aliphatic carbocycles. The number of unbranched alkanes of at least 4 members (excludes halogenated alkanes) is 17. The molecule has 6 heteroatoms. The lowest BCUT2D eigenvalue weighted by atomic mass is 9.92. The van der Waals surface area contributed by atoms with Crippen LogP contribution >= 0.6 is 0 Å². The summed E-state index contributed by atoms with van der Waals surface area (Å²) in [4.78, 5) is 27.5. The van der Waals surface area contributed by atoms with E-state index in [2.05, 4.69) is 32.6 Å². The molecule has 0 radical (unpaired) electrons. The van der Waals surface area contributed by atoms with Gasteiger partial charge in [-0.3, -0.25) is 9.59 Å². The molecule has 0 amide bonds. The highest BCUT2D eigenvalue weighted by Gasteiger charge is 2.14. The number of nitrogens with zero attached hydrogens (tertiary/aromatic N) is 1. The summed E-state index contributed by atoms with van der Waals surface area (Å²) in [5.74, 6) is 1.44. The predicted molar refractivity (Wildman–Crippen MR) is 244 cm³/mol. The van der Waals surface area contributed by atoms with E-state index in [1.807, 2.05) is 0 Å². The molecule has 0 unspecified atom stereocenters. The van der Waals surface area contributed by atoms with Crippen LogP contribution in [-0.4, -0.2) is 62.4 Å². The third-order valence-electron chi connectivity index (χ3n) is 12.7. The van der Waals surface area contributed by atoms with Crippen LogP contribution in [0.1, 0.15) is 259 Å². The highest BCUT2D eigenvalue weighted by molar-refractivity contribution is 5.69. The minimum atomic E-state index is 0.00341. The van der Waals surface area contributed by atoms with E-state index in [4.69, 9.17) is 14.2 Å². The Bertz CT molecular complexity index is 785. The SMILES string of the molecule is CCCCCC(CCCCC)CCOC(=O)CCCCCCCC(CCCCCCCC(=O)OCCC(CCCCC)CCCCC)OCCCCN1CCCC1. The first kappa shape index (κ1) is 53.9. The Labute approximate surface area is 355 Å². The summed E-state index contributed by atoms with van der Waals surface area (Å²) in [6.07, 6.45) is 43.1. The summed E-state index contributed by atoms with van der Waals surface area (Å²) in [7, 11) is 0. The van der Waals surface area contributed by atoms with Crippen LogP contribution in [0.3, 0.4) is 0 Å². The summed E-state index contributed by atoms with van der Waals surface area (Å²) in [6.45, 7) is 15.0. The van der Waals surface area contributed by atoms with Crippen molar-refractivity contribution in [1.29, 1.82) is 0 Å². The molecule has 57 heavy (non-hydrogen) atoms. The normalized spacial score (nSPS) is 13.5. The van der Waals surface area contributed by atoms with Crippen LogP contribution in [0.15, 0.2) is 0 Å². The van der Waals surface area contributed by atoms with Gasteiger partial charge in [-0.05, 0) is 95.7 Å². The van der Waals surface area contributed by atoms with Gasteiger partial charge in [0.25, 0.3) is 0 Å². The molecule has 0 atom stereocenters. The third-order valence-corrected chi connectivity index (χ3v) is 12.7. The van der Waals surface area contributed by atoms with Crippen LogP contribution < -0.4 is 0 Å². The van der Waals surface area contributed by atoms with Crippen LogP contribution in [0, 0.1) is 11.8 Å². The summed E-state index contributed by atoms with van der Waals surface area (Å²) >= 11 is 0. The van der Waals surface area contributed by atoms with Crippen molar-refractivity contribution in [2.24, 2.45) is 11.8 Å². The number of hydrogen-bond donors (Lipinski definition) is 0. The van der Waals surface area contributed by atoms with Crippen molar-refractivity contribution in [2.45, 2.75) is 265 Å². The first-order valence-corrected chi connectivity index (χ1v) is 25.7. The summed E-state index contributed by atoms with van der Waals surface area (Å²) in [5, 5.41) is 0. The first-order valence-electron chi connectivity index (χ1n) is 25.7. The zero-order chi connectivity index (χ0) is 41.3. The van der Waals surface area contributed by atoms with Gasteiger partial charge in [0.15, 0.2) is 0 Å². The second kappa shape index (κ2) is 41.6. The molecule has 1 saturated heterocycles. The van der Waals surface area contributed by atoms with Crippen LogP contribution in [0.2, 0.25) is 0 Å². The van der Waals surface area contributed by atoms with Gasteiger partial charge in [0, 0.05) is 19.4 Å². The van der Waals surface area contributed by atoms with E-state index in [1.165, 1.54) is 180 Å². The van der Waals surface area contributed by atoms with Crippen molar-refractivity contribution in [1.82, 2.24) is 4.90 Å². The molecule has 0 aromatic rings. The Morgan fingerprint density at radius 3 is 1.23 bits per heavy atom. The molecule has 0 bridgehead atoms. The second-order valence-corrected chi connectivity index (χ2v) is 18.1. The number of likely N-dealkylation sites (tertiary alicyclic amines) is 1. The Kier molecular flexibility index (Phi) is 39.3. The standard InChI is InChI=1S/C51H99NO5/c1-5-9-19-31-47(32-20-10-6-2)39-45-56-50(53)37-25-17-13-15-23-35-49(55-44-30-29-43-52-41-27-28-42-52)36-24-16-14-18-26-38-51(54)57-46-40-48(33-21-11-7-3)34-22-12-8-4/h47-49H,5-46H2,1-4H3. The Balaban J connectivity index is 2.24. The Morgan fingerprint density at radius 2 is 0.807 bits per heavy atom. The van der Waals surface area contributed by atoms with Crippen LogP contribution in [0.25, 0.3) is 0 Å². The lowest BCUT2D eigenvalue weighted by Crippen LogP contribution is -2.21. The number of rotatable bonds is 44. The van der Waals surface area contributed by atoms with E-state index in [-0.39, 0.29) is 11.9 Å².